The molecule has 0 aliphatic carbocycles. The van der Waals surface area contributed by atoms with Gasteiger partial charge in [-0.3, -0.25) is 4.79 Å². The number of hydrogen-bond donors (Lipinski definition) is 0. The number of hydrogen-bond acceptors (Lipinski definition) is 2. The van der Waals surface area contributed by atoms with Crippen molar-refractivity contribution in [2.75, 3.05) is 0 Å². The molecule has 0 radical (unpaired) electrons. The fraction of sp³-hybridized carbons (Fsp3) is 0.533. The van der Waals surface area contributed by atoms with Gasteiger partial charge in [0.1, 0.15) is 6.10 Å². The summed E-state index contributed by atoms with van der Waals surface area (Å²) in [7, 11) is 0. The highest BCUT2D eigenvalue weighted by Crippen LogP contribution is 2.38. The van der Waals surface area contributed by atoms with Crippen molar-refractivity contribution in [2.45, 2.75) is 39.2 Å². The van der Waals surface area contributed by atoms with Crippen LogP contribution in [0.25, 0.3) is 0 Å². The second-order valence-electron chi connectivity index (χ2n) is 5.34. The van der Waals surface area contributed by atoms with Crippen molar-refractivity contribution in [1.29, 1.82) is 0 Å². The topological polar surface area (TPSA) is 26.3 Å². The first-order valence-corrected chi connectivity index (χ1v) is 6.35. The van der Waals surface area contributed by atoms with Crippen LogP contribution in [0.4, 0.5) is 0 Å². The largest absolute Gasteiger partial charge is 0.461 e. The van der Waals surface area contributed by atoms with Crippen molar-refractivity contribution in [3.8, 4) is 0 Å². The van der Waals surface area contributed by atoms with E-state index in [-0.39, 0.29) is 18.0 Å². The van der Waals surface area contributed by atoms with Crippen LogP contribution in [0.5, 0.6) is 0 Å². The summed E-state index contributed by atoms with van der Waals surface area (Å²) in [5.41, 5.74) is 1.28. The number of esters is 1. The van der Waals surface area contributed by atoms with Crippen LogP contribution < -0.4 is 0 Å². The Morgan fingerprint density at radius 1 is 1.24 bits per heavy atom. The Morgan fingerprint density at radius 3 is 2.35 bits per heavy atom. The zero-order valence-electron chi connectivity index (χ0n) is 10.7. The third kappa shape index (κ3) is 2.51. The molecular weight excluding hydrogens is 212 g/mol. The number of rotatable bonds is 4. The van der Waals surface area contributed by atoms with Crippen LogP contribution in [0.3, 0.4) is 0 Å². The molecule has 0 saturated carbocycles. The number of carbonyl (C=O) groups excluding carboxylic acids is 1. The fourth-order valence-electron chi connectivity index (χ4n) is 2.50. The Hall–Kier alpha value is -1.31. The monoisotopic (exact) mass is 232 g/mol. The van der Waals surface area contributed by atoms with Crippen molar-refractivity contribution >= 4 is 5.97 Å². The summed E-state index contributed by atoms with van der Waals surface area (Å²) in [4.78, 5) is 11.2. The van der Waals surface area contributed by atoms with E-state index >= 15 is 0 Å². The van der Waals surface area contributed by atoms with Gasteiger partial charge in [-0.2, -0.15) is 0 Å². The van der Waals surface area contributed by atoms with Crippen molar-refractivity contribution in [2.24, 2.45) is 11.8 Å². The van der Waals surface area contributed by atoms with Gasteiger partial charge in [0.25, 0.3) is 0 Å². The second kappa shape index (κ2) is 4.91. The SMILES string of the molecule is CC(C)C[C@@H](c1ccccc1)[C@@H]1OC(=O)[C@@H]1C. The van der Waals surface area contributed by atoms with Gasteiger partial charge >= 0.3 is 5.97 Å². The van der Waals surface area contributed by atoms with E-state index in [1.807, 2.05) is 25.1 Å². The molecule has 0 aromatic heterocycles. The van der Waals surface area contributed by atoms with Crippen LogP contribution in [0.2, 0.25) is 0 Å². The standard InChI is InChI=1S/C15H20O2/c1-10(2)9-13(12-7-5-4-6-8-12)14-11(3)15(16)17-14/h4-8,10-11,13-14H,9H2,1-3H3/t11-,13+,14-/m1/s1. The summed E-state index contributed by atoms with van der Waals surface area (Å²) in [6.07, 6.45) is 1.12. The minimum Gasteiger partial charge on any atom is -0.461 e. The average Bonchev–Trinajstić information content (AvgIpc) is 2.34. The predicted octanol–water partition coefficient (Wildman–Crippen LogP) is 3.38. The summed E-state index contributed by atoms with van der Waals surface area (Å²) in [5, 5.41) is 0. The highest BCUT2D eigenvalue weighted by Gasteiger charge is 2.44. The number of carbonyl (C=O) groups is 1. The maximum atomic E-state index is 11.2. The molecule has 1 saturated heterocycles. The first-order valence-electron chi connectivity index (χ1n) is 6.35. The minimum atomic E-state index is -0.0558. The zero-order chi connectivity index (χ0) is 12.4. The summed E-state index contributed by atoms with van der Waals surface area (Å²) in [5.74, 6) is 0.925. The van der Waals surface area contributed by atoms with Gasteiger partial charge in [-0.05, 0) is 24.8 Å². The molecule has 3 atom stereocenters. The molecular formula is C15H20O2. The molecule has 2 nitrogen and oxygen atoms in total. The maximum Gasteiger partial charge on any atom is 0.312 e. The Balaban J connectivity index is 2.17. The van der Waals surface area contributed by atoms with E-state index in [1.165, 1.54) is 5.56 Å². The summed E-state index contributed by atoms with van der Waals surface area (Å²) in [6, 6.07) is 10.4. The summed E-state index contributed by atoms with van der Waals surface area (Å²) in [6.45, 7) is 6.38. The zero-order valence-corrected chi connectivity index (χ0v) is 10.7. The van der Waals surface area contributed by atoms with Crippen LogP contribution in [-0.4, -0.2) is 12.1 Å². The highest BCUT2D eigenvalue weighted by atomic mass is 16.6. The molecule has 1 aromatic carbocycles. The molecule has 0 amide bonds. The normalized spacial score (nSPS) is 25.3. The van der Waals surface area contributed by atoms with E-state index in [0.29, 0.717) is 11.8 Å². The van der Waals surface area contributed by atoms with Gasteiger partial charge < -0.3 is 4.74 Å². The molecule has 2 rings (SSSR count). The van der Waals surface area contributed by atoms with Gasteiger partial charge in [-0.1, -0.05) is 44.2 Å². The van der Waals surface area contributed by atoms with Gasteiger partial charge in [-0.25, -0.2) is 0 Å². The van der Waals surface area contributed by atoms with E-state index in [0.717, 1.165) is 6.42 Å². The lowest BCUT2D eigenvalue weighted by Gasteiger charge is -2.39. The van der Waals surface area contributed by atoms with Crippen LogP contribution in [0.1, 0.15) is 38.7 Å². The number of cyclic esters (lactones) is 1. The molecule has 0 N–H and O–H groups in total. The van der Waals surface area contributed by atoms with Gasteiger partial charge in [0, 0.05) is 5.92 Å². The van der Waals surface area contributed by atoms with Crippen molar-refractivity contribution in [3.05, 3.63) is 35.9 Å². The molecule has 0 spiro atoms. The first kappa shape index (κ1) is 12.2. The Morgan fingerprint density at radius 2 is 1.88 bits per heavy atom. The minimum absolute atomic E-state index is 0.0407. The van der Waals surface area contributed by atoms with Crippen molar-refractivity contribution in [3.63, 3.8) is 0 Å². The van der Waals surface area contributed by atoms with Gasteiger partial charge in [0.15, 0.2) is 0 Å². The van der Waals surface area contributed by atoms with E-state index in [2.05, 4.69) is 26.0 Å². The molecule has 1 aliphatic rings. The smallest absolute Gasteiger partial charge is 0.312 e. The van der Waals surface area contributed by atoms with E-state index in [4.69, 9.17) is 4.74 Å². The number of benzene rings is 1. The average molecular weight is 232 g/mol. The van der Waals surface area contributed by atoms with Crippen molar-refractivity contribution in [1.82, 2.24) is 0 Å². The van der Waals surface area contributed by atoms with Crippen molar-refractivity contribution < 1.29 is 9.53 Å². The lowest BCUT2D eigenvalue weighted by molar-refractivity contribution is -0.186. The molecule has 17 heavy (non-hydrogen) atoms. The molecule has 1 heterocycles. The van der Waals surface area contributed by atoms with Crippen LogP contribution in [0, 0.1) is 11.8 Å². The quantitative estimate of drug-likeness (QED) is 0.744. The number of ether oxygens (including phenoxy) is 1. The molecule has 92 valence electrons. The first-order chi connectivity index (χ1) is 8.09. The van der Waals surface area contributed by atoms with Gasteiger partial charge in [-0.15, -0.1) is 0 Å². The van der Waals surface area contributed by atoms with E-state index in [1.54, 1.807) is 0 Å². The third-order valence-electron chi connectivity index (χ3n) is 3.47. The van der Waals surface area contributed by atoms with E-state index in [9.17, 15) is 4.79 Å². The Labute approximate surface area is 103 Å². The molecule has 1 aliphatic heterocycles. The predicted molar refractivity (Wildman–Crippen MR) is 67.7 cm³/mol. The van der Waals surface area contributed by atoms with Gasteiger partial charge in [0.05, 0.1) is 5.92 Å². The Bertz CT molecular complexity index is 383. The van der Waals surface area contributed by atoms with E-state index < -0.39 is 0 Å². The summed E-state index contributed by atoms with van der Waals surface area (Å²) >= 11 is 0. The summed E-state index contributed by atoms with van der Waals surface area (Å²) < 4.78 is 5.33. The lowest BCUT2D eigenvalue weighted by Crippen LogP contribution is -2.47. The molecule has 0 unspecified atom stereocenters. The van der Waals surface area contributed by atoms with Gasteiger partial charge in [0.2, 0.25) is 0 Å². The molecule has 0 bridgehead atoms. The molecule has 2 heteroatoms. The molecule has 1 aromatic rings. The lowest BCUT2D eigenvalue weighted by atomic mass is 9.79. The van der Waals surface area contributed by atoms with Crippen LogP contribution in [0.15, 0.2) is 30.3 Å². The molecule has 1 fully saturated rings. The van der Waals surface area contributed by atoms with Crippen LogP contribution in [-0.2, 0) is 9.53 Å². The second-order valence-corrected chi connectivity index (χ2v) is 5.34. The fourth-order valence-corrected chi connectivity index (χ4v) is 2.50. The third-order valence-corrected chi connectivity index (χ3v) is 3.47. The van der Waals surface area contributed by atoms with Crippen LogP contribution >= 0.6 is 0 Å². The maximum absolute atomic E-state index is 11.2. The Kier molecular flexibility index (Phi) is 3.51. The highest BCUT2D eigenvalue weighted by molar-refractivity contribution is 5.78.